The van der Waals surface area contributed by atoms with Gasteiger partial charge in [0.1, 0.15) is 0 Å². The Bertz CT molecular complexity index is 1530. The molecule has 29 heavy (non-hydrogen) atoms. The molecule has 1 N–H and O–H groups in total. The largest absolute Gasteiger partial charge is 0.294 e. The highest BCUT2D eigenvalue weighted by Gasteiger charge is 2.34. The Hall–Kier alpha value is -3.00. The van der Waals surface area contributed by atoms with Crippen LogP contribution >= 0.6 is 0 Å². The molecule has 5 nitrogen and oxygen atoms in total. The normalized spacial score (nSPS) is 14.5. The molecule has 1 heterocycles. The van der Waals surface area contributed by atoms with Crippen molar-refractivity contribution in [3.05, 3.63) is 78.9 Å². The Morgan fingerprint density at radius 1 is 0.690 bits per heavy atom. The SMILES string of the molecule is O=S(=O)(O)c1ccc2c(c1)-c1cc(-c3cccc4ccccc34)ccc1S2(=O)=O. The Morgan fingerprint density at radius 3 is 2.10 bits per heavy atom. The highest BCUT2D eigenvalue weighted by atomic mass is 32.2. The van der Waals surface area contributed by atoms with Crippen molar-refractivity contribution >= 4 is 30.7 Å². The van der Waals surface area contributed by atoms with Crippen molar-refractivity contribution < 1.29 is 21.4 Å². The van der Waals surface area contributed by atoms with Gasteiger partial charge in [-0.15, -0.1) is 0 Å². The van der Waals surface area contributed by atoms with E-state index in [1.165, 1.54) is 12.1 Å². The van der Waals surface area contributed by atoms with Crippen LogP contribution in [0.3, 0.4) is 0 Å². The van der Waals surface area contributed by atoms with Crippen LogP contribution in [0.25, 0.3) is 33.0 Å². The van der Waals surface area contributed by atoms with E-state index in [9.17, 15) is 21.4 Å². The van der Waals surface area contributed by atoms with Gasteiger partial charge >= 0.3 is 0 Å². The van der Waals surface area contributed by atoms with Crippen LogP contribution in [0.2, 0.25) is 0 Å². The second-order valence-electron chi connectivity index (χ2n) is 6.87. The van der Waals surface area contributed by atoms with Gasteiger partial charge < -0.3 is 0 Å². The fraction of sp³-hybridized carbons (Fsp3) is 0. The van der Waals surface area contributed by atoms with E-state index < -0.39 is 20.0 Å². The average molecular weight is 422 g/mol. The second kappa shape index (κ2) is 6.00. The minimum absolute atomic E-state index is 0.0370. The van der Waals surface area contributed by atoms with E-state index in [0.717, 1.165) is 28.0 Å². The minimum atomic E-state index is -4.45. The molecule has 0 atom stereocenters. The molecule has 0 bridgehead atoms. The van der Waals surface area contributed by atoms with Crippen LogP contribution in [0, 0.1) is 0 Å². The Morgan fingerprint density at radius 2 is 1.34 bits per heavy atom. The van der Waals surface area contributed by atoms with E-state index in [2.05, 4.69) is 0 Å². The standard InChI is InChI=1S/C22H14O5S2/c23-28(24)21-10-8-15(18-7-3-5-14-4-1-2-6-17(14)18)12-19(21)20-13-16(29(25,26)27)9-11-22(20)28/h1-13H,(H,25,26,27). The van der Waals surface area contributed by atoms with Crippen LogP contribution in [0.5, 0.6) is 0 Å². The van der Waals surface area contributed by atoms with Crippen LogP contribution in [-0.4, -0.2) is 21.4 Å². The molecule has 0 aromatic heterocycles. The molecule has 0 saturated carbocycles. The zero-order valence-electron chi connectivity index (χ0n) is 14.9. The van der Waals surface area contributed by atoms with Crippen molar-refractivity contribution in [1.29, 1.82) is 0 Å². The van der Waals surface area contributed by atoms with Crippen LogP contribution in [0.15, 0.2) is 93.5 Å². The Kier molecular flexibility index (Phi) is 3.73. The van der Waals surface area contributed by atoms with Crippen molar-refractivity contribution in [1.82, 2.24) is 0 Å². The Labute approximate surface area is 167 Å². The molecular weight excluding hydrogens is 408 g/mol. The van der Waals surface area contributed by atoms with Crippen LogP contribution in [-0.2, 0) is 20.0 Å². The van der Waals surface area contributed by atoms with E-state index in [4.69, 9.17) is 0 Å². The zero-order valence-corrected chi connectivity index (χ0v) is 16.5. The first-order valence-electron chi connectivity index (χ1n) is 8.76. The van der Waals surface area contributed by atoms with Gasteiger partial charge in [0.05, 0.1) is 14.7 Å². The molecule has 0 radical (unpaired) electrons. The third kappa shape index (κ3) is 2.70. The van der Waals surface area contributed by atoms with Gasteiger partial charge in [-0.25, -0.2) is 8.42 Å². The summed E-state index contributed by atoms with van der Waals surface area (Å²) in [5.41, 5.74) is 2.47. The molecule has 5 rings (SSSR count). The number of fused-ring (bicyclic) bond motifs is 4. The molecule has 0 fully saturated rings. The molecule has 7 heteroatoms. The van der Waals surface area contributed by atoms with E-state index in [1.54, 1.807) is 18.2 Å². The number of benzene rings is 4. The van der Waals surface area contributed by atoms with E-state index in [-0.39, 0.29) is 20.2 Å². The highest BCUT2D eigenvalue weighted by Crippen LogP contribution is 2.45. The van der Waals surface area contributed by atoms with Gasteiger partial charge in [-0.2, -0.15) is 8.42 Å². The van der Waals surface area contributed by atoms with Gasteiger partial charge in [-0.3, -0.25) is 4.55 Å². The number of rotatable bonds is 2. The van der Waals surface area contributed by atoms with Crippen LogP contribution in [0.1, 0.15) is 0 Å². The van der Waals surface area contributed by atoms with Crippen LogP contribution in [0.4, 0.5) is 0 Å². The summed E-state index contributed by atoms with van der Waals surface area (Å²) in [7, 11) is -8.20. The first kappa shape index (κ1) is 18.1. The maximum Gasteiger partial charge on any atom is 0.294 e. The molecule has 0 spiro atoms. The summed E-state index contributed by atoms with van der Waals surface area (Å²) in [4.78, 5) is -0.172. The fourth-order valence-corrected chi connectivity index (χ4v) is 6.01. The second-order valence-corrected chi connectivity index (χ2v) is 10.2. The lowest BCUT2D eigenvalue weighted by atomic mass is 9.95. The van der Waals surface area contributed by atoms with Crippen LogP contribution < -0.4 is 0 Å². The molecule has 1 aliphatic rings. The van der Waals surface area contributed by atoms with Crippen molar-refractivity contribution in [3.63, 3.8) is 0 Å². The summed E-state index contributed by atoms with van der Waals surface area (Å²) in [6, 6.07) is 22.4. The molecule has 0 aliphatic carbocycles. The molecule has 4 aromatic carbocycles. The fourth-order valence-electron chi connectivity index (χ4n) is 3.85. The van der Waals surface area contributed by atoms with Crippen molar-refractivity contribution in [2.24, 2.45) is 0 Å². The van der Waals surface area contributed by atoms with E-state index in [0.29, 0.717) is 5.56 Å². The van der Waals surface area contributed by atoms with Crippen molar-refractivity contribution in [2.75, 3.05) is 0 Å². The van der Waals surface area contributed by atoms with Gasteiger partial charge in [-0.1, -0.05) is 48.5 Å². The molecule has 1 aliphatic heterocycles. The first-order chi connectivity index (χ1) is 13.8. The number of sulfone groups is 1. The number of hydrogen-bond acceptors (Lipinski definition) is 4. The summed E-state index contributed by atoms with van der Waals surface area (Å²) in [5, 5.41) is 2.09. The summed E-state index contributed by atoms with van der Waals surface area (Å²) in [5.74, 6) is 0. The number of hydrogen-bond donors (Lipinski definition) is 1. The maximum atomic E-state index is 12.9. The zero-order chi connectivity index (χ0) is 20.4. The molecule has 0 amide bonds. The predicted octanol–water partition coefficient (Wildman–Crippen LogP) is 4.57. The predicted molar refractivity (Wildman–Crippen MR) is 110 cm³/mol. The maximum absolute atomic E-state index is 12.9. The third-order valence-electron chi connectivity index (χ3n) is 5.20. The van der Waals surface area contributed by atoms with Gasteiger partial charge in [-0.05, 0) is 52.2 Å². The molecule has 144 valence electrons. The summed E-state index contributed by atoms with van der Waals surface area (Å²) in [6.07, 6.45) is 0. The lowest BCUT2D eigenvalue weighted by Gasteiger charge is -2.09. The van der Waals surface area contributed by atoms with Crippen molar-refractivity contribution in [3.8, 4) is 22.3 Å². The first-order valence-corrected chi connectivity index (χ1v) is 11.7. The van der Waals surface area contributed by atoms with Gasteiger partial charge in [0.25, 0.3) is 10.1 Å². The lowest BCUT2D eigenvalue weighted by molar-refractivity contribution is 0.483. The lowest BCUT2D eigenvalue weighted by Crippen LogP contribution is -2.00. The Balaban J connectivity index is 1.80. The van der Waals surface area contributed by atoms with E-state index >= 15 is 0 Å². The topological polar surface area (TPSA) is 88.5 Å². The van der Waals surface area contributed by atoms with Gasteiger partial charge in [0.15, 0.2) is 0 Å². The summed E-state index contributed by atoms with van der Waals surface area (Å²) < 4.78 is 58.2. The van der Waals surface area contributed by atoms with Gasteiger partial charge in [0, 0.05) is 11.1 Å². The molecule has 4 aromatic rings. The molecule has 0 saturated heterocycles. The minimum Gasteiger partial charge on any atom is -0.282 e. The van der Waals surface area contributed by atoms with E-state index in [1.807, 2.05) is 42.5 Å². The quantitative estimate of drug-likeness (QED) is 0.421. The highest BCUT2D eigenvalue weighted by molar-refractivity contribution is 7.92. The smallest absolute Gasteiger partial charge is 0.282 e. The molecular formula is C22H14O5S2. The summed E-state index contributed by atoms with van der Waals surface area (Å²) in [6.45, 7) is 0. The third-order valence-corrected chi connectivity index (χ3v) is 7.92. The van der Waals surface area contributed by atoms with Crippen molar-refractivity contribution in [2.45, 2.75) is 14.7 Å². The summed E-state index contributed by atoms with van der Waals surface area (Å²) >= 11 is 0. The molecule has 0 unspecified atom stereocenters. The monoisotopic (exact) mass is 422 g/mol. The average Bonchev–Trinajstić information content (AvgIpc) is 2.93. The van der Waals surface area contributed by atoms with Gasteiger partial charge in [0.2, 0.25) is 9.84 Å².